The molecule has 12 nitrogen and oxygen atoms in total. The molecule has 2 aromatic heterocycles. The van der Waals surface area contributed by atoms with Crippen molar-refractivity contribution in [2.75, 3.05) is 48.0 Å². The summed E-state index contributed by atoms with van der Waals surface area (Å²) in [6.45, 7) is 0. The Bertz CT molecular complexity index is 3120. The third-order valence-electron chi connectivity index (χ3n) is 12.1. The number of aromatic nitrogens is 2. The molecule has 336 valence electrons. The van der Waals surface area contributed by atoms with Crippen molar-refractivity contribution in [3.05, 3.63) is 168 Å². The topological polar surface area (TPSA) is 161 Å². The molecule has 0 bridgehead atoms. The standard InChI is InChI=1S/2C26H25N3O3S/c2*1-32-19-11-9-17-10-13-25(22(17)16-19)29-26-14-12-21-23(7-4-8-24(21)28-26)27-18-5-3-6-20(15-18)33(2,30)31/h2*3-9,11-12,14-16,25,27H,10,13H2,1-2H3,(H,28,29). The molecule has 10 rings (SSSR count). The van der Waals surface area contributed by atoms with Gasteiger partial charge >= 0.3 is 0 Å². The van der Waals surface area contributed by atoms with E-state index in [0.29, 0.717) is 11.4 Å². The zero-order valence-corrected chi connectivity index (χ0v) is 38.6. The molecule has 2 aliphatic carbocycles. The molecule has 4 N–H and O–H groups in total. The highest BCUT2D eigenvalue weighted by atomic mass is 32.2. The second-order valence-corrected chi connectivity index (χ2v) is 20.6. The van der Waals surface area contributed by atoms with Crippen LogP contribution in [0, 0.1) is 0 Å². The van der Waals surface area contributed by atoms with E-state index in [4.69, 9.17) is 19.4 Å². The Morgan fingerprint density at radius 1 is 0.500 bits per heavy atom. The molecule has 2 aliphatic rings. The molecule has 0 saturated carbocycles. The van der Waals surface area contributed by atoms with Gasteiger partial charge in [-0.25, -0.2) is 26.8 Å². The van der Waals surface area contributed by atoms with Gasteiger partial charge in [0, 0.05) is 46.0 Å². The maximum absolute atomic E-state index is 11.9. The smallest absolute Gasteiger partial charge is 0.175 e. The van der Waals surface area contributed by atoms with Crippen LogP contribution in [0.5, 0.6) is 11.5 Å². The Labute approximate surface area is 385 Å². The van der Waals surface area contributed by atoms with Crippen LogP contribution in [0.4, 0.5) is 34.4 Å². The Kier molecular flexibility index (Phi) is 12.3. The number of pyridine rings is 2. The van der Waals surface area contributed by atoms with E-state index in [1.54, 1.807) is 50.6 Å². The summed E-state index contributed by atoms with van der Waals surface area (Å²) in [4.78, 5) is 10.2. The number of sulfone groups is 2. The summed E-state index contributed by atoms with van der Waals surface area (Å²) in [7, 11) is -3.17. The zero-order valence-electron chi connectivity index (χ0n) is 37.0. The van der Waals surface area contributed by atoms with E-state index in [1.165, 1.54) is 34.8 Å². The largest absolute Gasteiger partial charge is 0.497 e. The molecule has 66 heavy (non-hydrogen) atoms. The molecule has 2 unspecified atom stereocenters. The van der Waals surface area contributed by atoms with E-state index in [1.807, 2.05) is 84.9 Å². The lowest BCUT2D eigenvalue weighted by molar-refractivity contribution is 0.414. The Hall–Kier alpha value is -7.16. The lowest BCUT2D eigenvalue weighted by Crippen LogP contribution is -2.08. The van der Waals surface area contributed by atoms with Gasteiger partial charge < -0.3 is 30.7 Å². The molecule has 8 aromatic rings. The number of rotatable bonds is 12. The van der Waals surface area contributed by atoms with E-state index >= 15 is 0 Å². The van der Waals surface area contributed by atoms with Gasteiger partial charge in [-0.1, -0.05) is 36.4 Å². The van der Waals surface area contributed by atoms with E-state index in [2.05, 4.69) is 45.5 Å². The lowest BCUT2D eigenvalue weighted by Gasteiger charge is -2.17. The van der Waals surface area contributed by atoms with Crippen LogP contribution in [0.2, 0.25) is 0 Å². The number of aryl methyl sites for hydroxylation is 2. The minimum atomic E-state index is -3.27. The number of hydrogen-bond donors (Lipinski definition) is 4. The van der Waals surface area contributed by atoms with Crippen molar-refractivity contribution in [1.29, 1.82) is 0 Å². The van der Waals surface area contributed by atoms with Gasteiger partial charge in [0.05, 0.1) is 47.1 Å². The number of nitrogens with one attached hydrogen (secondary N) is 4. The van der Waals surface area contributed by atoms with Crippen molar-refractivity contribution in [2.45, 2.75) is 47.6 Å². The second-order valence-electron chi connectivity index (χ2n) is 16.6. The van der Waals surface area contributed by atoms with Crippen LogP contribution >= 0.6 is 0 Å². The van der Waals surface area contributed by atoms with Crippen LogP contribution in [0.15, 0.2) is 155 Å². The molecule has 2 atom stereocenters. The van der Waals surface area contributed by atoms with Crippen molar-refractivity contribution in [1.82, 2.24) is 9.97 Å². The fourth-order valence-corrected chi connectivity index (χ4v) is 10.0. The quantitative estimate of drug-likeness (QED) is 0.0920. The summed E-state index contributed by atoms with van der Waals surface area (Å²) in [6.07, 6.45) is 6.51. The number of nitrogens with zero attached hydrogens (tertiary/aromatic N) is 2. The van der Waals surface area contributed by atoms with Gasteiger partial charge in [-0.15, -0.1) is 0 Å². The zero-order chi connectivity index (χ0) is 46.0. The molecule has 0 spiro atoms. The minimum Gasteiger partial charge on any atom is -0.497 e. The maximum atomic E-state index is 11.9. The van der Waals surface area contributed by atoms with Crippen molar-refractivity contribution in [3.8, 4) is 11.5 Å². The van der Waals surface area contributed by atoms with Gasteiger partial charge in [0.1, 0.15) is 23.1 Å². The fourth-order valence-electron chi connectivity index (χ4n) is 8.68. The average molecular weight is 919 g/mol. The summed E-state index contributed by atoms with van der Waals surface area (Å²) >= 11 is 0. The van der Waals surface area contributed by atoms with Gasteiger partial charge in [-0.05, 0) is 157 Å². The number of ether oxygens (including phenoxy) is 2. The van der Waals surface area contributed by atoms with Crippen LogP contribution in [0.3, 0.4) is 0 Å². The molecular weight excluding hydrogens is 869 g/mol. The molecular formula is C52H50N6O6S2. The molecule has 2 heterocycles. The Morgan fingerprint density at radius 3 is 1.33 bits per heavy atom. The highest BCUT2D eigenvalue weighted by Gasteiger charge is 2.25. The second kappa shape index (κ2) is 18.4. The molecule has 0 aliphatic heterocycles. The van der Waals surface area contributed by atoms with Crippen LogP contribution in [0.1, 0.15) is 47.2 Å². The monoisotopic (exact) mass is 918 g/mol. The van der Waals surface area contributed by atoms with E-state index in [9.17, 15) is 16.8 Å². The number of methoxy groups -OCH3 is 2. The third kappa shape index (κ3) is 9.75. The minimum absolute atomic E-state index is 0.195. The fraction of sp³-hybridized carbons (Fsp3) is 0.192. The van der Waals surface area contributed by atoms with Crippen LogP contribution in [0.25, 0.3) is 21.8 Å². The normalized spacial score (nSPS) is 15.3. The van der Waals surface area contributed by atoms with Gasteiger partial charge in [-0.3, -0.25) is 0 Å². The predicted octanol–water partition coefficient (Wildman–Crippen LogP) is 11.0. The number of benzene rings is 6. The van der Waals surface area contributed by atoms with Crippen molar-refractivity contribution >= 4 is 75.9 Å². The van der Waals surface area contributed by atoms with Gasteiger partial charge in [0.15, 0.2) is 19.7 Å². The Balaban J connectivity index is 0.000000166. The molecule has 0 radical (unpaired) electrons. The van der Waals surface area contributed by atoms with Gasteiger partial charge in [-0.2, -0.15) is 0 Å². The van der Waals surface area contributed by atoms with Crippen LogP contribution in [-0.2, 0) is 32.5 Å². The van der Waals surface area contributed by atoms with Crippen molar-refractivity contribution in [2.24, 2.45) is 0 Å². The van der Waals surface area contributed by atoms with Gasteiger partial charge in [0.2, 0.25) is 0 Å². The highest BCUT2D eigenvalue weighted by molar-refractivity contribution is 7.91. The van der Waals surface area contributed by atoms with E-state index in [0.717, 1.165) is 82.0 Å². The first kappa shape index (κ1) is 44.1. The highest BCUT2D eigenvalue weighted by Crippen LogP contribution is 2.38. The summed E-state index contributed by atoms with van der Waals surface area (Å²) in [5.41, 5.74) is 10.1. The van der Waals surface area contributed by atoms with E-state index < -0.39 is 19.7 Å². The third-order valence-corrected chi connectivity index (χ3v) is 14.3. The van der Waals surface area contributed by atoms with E-state index in [-0.39, 0.29) is 21.9 Å². The maximum Gasteiger partial charge on any atom is 0.175 e. The number of fused-ring (bicyclic) bond motifs is 4. The Morgan fingerprint density at radius 2 is 0.924 bits per heavy atom. The first-order valence-corrected chi connectivity index (χ1v) is 25.4. The van der Waals surface area contributed by atoms with Gasteiger partial charge in [0.25, 0.3) is 0 Å². The van der Waals surface area contributed by atoms with Crippen LogP contribution in [-0.4, -0.2) is 53.5 Å². The van der Waals surface area contributed by atoms with Crippen molar-refractivity contribution in [3.63, 3.8) is 0 Å². The predicted molar refractivity (Wildman–Crippen MR) is 265 cm³/mol. The molecule has 0 saturated heterocycles. The summed E-state index contributed by atoms with van der Waals surface area (Å²) in [5.74, 6) is 3.37. The molecule has 6 aromatic carbocycles. The molecule has 0 amide bonds. The SMILES string of the molecule is COc1ccc2c(c1)C(Nc1ccc3c(Nc4cccc(S(C)(=O)=O)c4)cccc3n1)CC2.COc1ccc2c(c1)C(Nc1ccc3c(Nc4cccc(S(C)(=O)=O)c4)cccc3n1)CC2. The lowest BCUT2D eigenvalue weighted by atomic mass is 10.1. The van der Waals surface area contributed by atoms with Crippen LogP contribution < -0.4 is 30.7 Å². The summed E-state index contributed by atoms with van der Waals surface area (Å²) in [6, 6.07) is 46.3. The first-order valence-electron chi connectivity index (χ1n) is 21.6. The summed E-state index contributed by atoms with van der Waals surface area (Å²) < 4.78 is 58.4. The summed E-state index contributed by atoms with van der Waals surface area (Å²) in [5, 5.41) is 15.8. The first-order chi connectivity index (χ1) is 31.8. The van der Waals surface area contributed by atoms with Crippen molar-refractivity contribution < 1.29 is 26.3 Å². The molecule has 14 heteroatoms. The average Bonchev–Trinajstić information content (AvgIpc) is 3.91. The number of anilines is 6. The number of hydrogen-bond acceptors (Lipinski definition) is 12. The molecule has 0 fully saturated rings.